The highest BCUT2D eigenvalue weighted by Gasteiger charge is 2.25. The van der Waals surface area contributed by atoms with E-state index in [1.54, 1.807) is 19.1 Å². The summed E-state index contributed by atoms with van der Waals surface area (Å²) in [5.74, 6) is -0.392. The Morgan fingerprint density at radius 3 is 2.29 bits per heavy atom. The van der Waals surface area contributed by atoms with E-state index in [0.29, 0.717) is 22.7 Å². The summed E-state index contributed by atoms with van der Waals surface area (Å²) in [4.78, 5) is 26.2. The van der Waals surface area contributed by atoms with Crippen LogP contribution >= 0.6 is 11.3 Å². The van der Waals surface area contributed by atoms with E-state index < -0.39 is 5.97 Å². The van der Waals surface area contributed by atoms with Crippen molar-refractivity contribution >= 4 is 28.2 Å². The molecule has 0 radical (unpaired) electrons. The van der Waals surface area contributed by atoms with E-state index in [0.717, 1.165) is 16.2 Å². The van der Waals surface area contributed by atoms with Gasteiger partial charge in [0.2, 0.25) is 5.91 Å². The SMILES string of the molecule is CCOC(=O)c1c(NC(=O)Cc2ccc(OCC)cc2)sc(C)c1-c1ccc(F)cc1. The van der Waals surface area contributed by atoms with Crippen molar-refractivity contribution in [1.29, 1.82) is 0 Å². The number of rotatable bonds is 8. The molecular weight excluding hydrogens is 417 g/mol. The average molecular weight is 442 g/mol. The summed E-state index contributed by atoms with van der Waals surface area (Å²) in [5, 5.41) is 3.28. The second kappa shape index (κ2) is 10.2. The molecule has 0 saturated carbocycles. The van der Waals surface area contributed by atoms with E-state index >= 15 is 0 Å². The van der Waals surface area contributed by atoms with Crippen molar-refractivity contribution < 1.29 is 23.5 Å². The first-order chi connectivity index (χ1) is 14.9. The van der Waals surface area contributed by atoms with E-state index in [4.69, 9.17) is 9.47 Å². The van der Waals surface area contributed by atoms with Crippen molar-refractivity contribution in [2.24, 2.45) is 0 Å². The Labute approximate surface area is 184 Å². The van der Waals surface area contributed by atoms with Crippen molar-refractivity contribution in [3.8, 4) is 16.9 Å². The summed E-state index contributed by atoms with van der Waals surface area (Å²) < 4.78 is 24.0. The van der Waals surface area contributed by atoms with Crippen molar-refractivity contribution in [3.05, 3.63) is 70.4 Å². The highest BCUT2D eigenvalue weighted by atomic mass is 32.1. The molecule has 1 amide bonds. The third-order valence-corrected chi connectivity index (χ3v) is 5.57. The van der Waals surface area contributed by atoms with E-state index in [-0.39, 0.29) is 30.3 Å². The van der Waals surface area contributed by atoms with Crippen LogP contribution in [0.1, 0.15) is 34.6 Å². The lowest BCUT2D eigenvalue weighted by Crippen LogP contribution is -2.16. The molecular formula is C24H24FNO4S. The number of benzene rings is 2. The van der Waals surface area contributed by atoms with Crippen LogP contribution in [0.3, 0.4) is 0 Å². The molecule has 3 rings (SSSR count). The molecule has 0 bridgehead atoms. The van der Waals surface area contributed by atoms with E-state index in [9.17, 15) is 14.0 Å². The normalized spacial score (nSPS) is 10.6. The maximum Gasteiger partial charge on any atom is 0.341 e. The number of nitrogens with one attached hydrogen (secondary N) is 1. The van der Waals surface area contributed by atoms with Gasteiger partial charge in [-0.15, -0.1) is 11.3 Å². The Kier molecular flexibility index (Phi) is 7.41. The van der Waals surface area contributed by atoms with Crippen LogP contribution in [0, 0.1) is 12.7 Å². The van der Waals surface area contributed by atoms with Crippen LogP contribution in [0.2, 0.25) is 0 Å². The molecule has 31 heavy (non-hydrogen) atoms. The summed E-state index contributed by atoms with van der Waals surface area (Å²) >= 11 is 1.30. The Balaban J connectivity index is 1.87. The molecule has 5 nitrogen and oxygen atoms in total. The van der Waals surface area contributed by atoms with Crippen molar-refractivity contribution in [2.75, 3.05) is 18.5 Å². The minimum Gasteiger partial charge on any atom is -0.494 e. The molecule has 0 unspecified atom stereocenters. The molecule has 7 heteroatoms. The van der Waals surface area contributed by atoms with E-state index in [1.165, 1.54) is 23.5 Å². The lowest BCUT2D eigenvalue weighted by Gasteiger charge is -2.10. The van der Waals surface area contributed by atoms with Gasteiger partial charge < -0.3 is 14.8 Å². The van der Waals surface area contributed by atoms with Gasteiger partial charge in [-0.2, -0.15) is 0 Å². The van der Waals surface area contributed by atoms with Crippen LogP contribution < -0.4 is 10.1 Å². The third kappa shape index (κ3) is 5.49. The summed E-state index contributed by atoms with van der Waals surface area (Å²) in [6.45, 7) is 6.26. The zero-order valence-electron chi connectivity index (χ0n) is 17.7. The Bertz CT molecular complexity index is 1060. The molecule has 3 aromatic rings. The summed E-state index contributed by atoms with van der Waals surface area (Å²) in [6, 6.07) is 13.2. The monoisotopic (exact) mass is 441 g/mol. The molecule has 0 aliphatic carbocycles. The largest absolute Gasteiger partial charge is 0.494 e. The first-order valence-corrected chi connectivity index (χ1v) is 10.8. The van der Waals surface area contributed by atoms with Gasteiger partial charge in [0.05, 0.1) is 19.6 Å². The lowest BCUT2D eigenvalue weighted by molar-refractivity contribution is -0.115. The fraction of sp³-hybridized carbons (Fsp3) is 0.250. The smallest absolute Gasteiger partial charge is 0.341 e. The molecule has 2 aromatic carbocycles. The molecule has 0 atom stereocenters. The zero-order valence-corrected chi connectivity index (χ0v) is 18.5. The van der Waals surface area contributed by atoms with Gasteiger partial charge in [0.15, 0.2) is 0 Å². The molecule has 1 aromatic heterocycles. The van der Waals surface area contributed by atoms with Crippen LogP contribution in [-0.2, 0) is 16.0 Å². The highest BCUT2D eigenvalue weighted by molar-refractivity contribution is 7.17. The highest BCUT2D eigenvalue weighted by Crippen LogP contribution is 2.40. The fourth-order valence-corrected chi connectivity index (χ4v) is 4.30. The molecule has 0 aliphatic heterocycles. The van der Waals surface area contributed by atoms with Crippen LogP contribution in [0.15, 0.2) is 48.5 Å². The number of esters is 1. The number of carbonyl (C=O) groups excluding carboxylic acids is 2. The van der Waals surface area contributed by atoms with Crippen LogP contribution in [0.4, 0.5) is 9.39 Å². The molecule has 1 N–H and O–H groups in total. The molecule has 0 aliphatic rings. The number of hydrogen-bond donors (Lipinski definition) is 1. The predicted molar refractivity (Wildman–Crippen MR) is 120 cm³/mol. The van der Waals surface area contributed by atoms with Gasteiger partial charge >= 0.3 is 5.97 Å². The standard InChI is InChI=1S/C24H24FNO4S/c1-4-29-19-12-6-16(7-13-19)14-20(27)26-23-22(24(28)30-5-2)21(15(3)31-23)17-8-10-18(25)11-9-17/h6-13H,4-5,14H2,1-3H3,(H,26,27). The maximum atomic E-state index is 13.4. The number of ether oxygens (including phenoxy) is 2. The van der Waals surface area contributed by atoms with E-state index in [1.807, 2.05) is 38.1 Å². The maximum absolute atomic E-state index is 13.4. The van der Waals surface area contributed by atoms with Crippen molar-refractivity contribution in [3.63, 3.8) is 0 Å². The van der Waals surface area contributed by atoms with Gasteiger partial charge in [-0.25, -0.2) is 9.18 Å². The van der Waals surface area contributed by atoms with Gasteiger partial charge in [-0.1, -0.05) is 24.3 Å². The van der Waals surface area contributed by atoms with Crippen LogP contribution in [0.25, 0.3) is 11.1 Å². The molecule has 162 valence electrons. The van der Waals surface area contributed by atoms with Gasteiger partial charge in [0.25, 0.3) is 0 Å². The van der Waals surface area contributed by atoms with Crippen LogP contribution in [-0.4, -0.2) is 25.1 Å². The minimum absolute atomic E-state index is 0.150. The number of aryl methyl sites for hydroxylation is 1. The van der Waals surface area contributed by atoms with Gasteiger partial charge in [-0.05, 0) is 56.2 Å². The zero-order chi connectivity index (χ0) is 22.4. The lowest BCUT2D eigenvalue weighted by atomic mass is 10.0. The molecule has 1 heterocycles. The number of thiophene rings is 1. The number of halogens is 1. The molecule has 0 saturated heterocycles. The first kappa shape index (κ1) is 22.5. The topological polar surface area (TPSA) is 64.6 Å². The summed E-state index contributed by atoms with van der Waals surface area (Å²) in [6.07, 6.45) is 0.150. The van der Waals surface area contributed by atoms with Crippen molar-refractivity contribution in [2.45, 2.75) is 27.2 Å². The van der Waals surface area contributed by atoms with Gasteiger partial charge in [0, 0.05) is 10.4 Å². The van der Waals surface area contributed by atoms with Crippen molar-refractivity contribution in [1.82, 2.24) is 0 Å². The fourth-order valence-electron chi connectivity index (χ4n) is 3.22. The molecule has 0 spiro atoms. The second-order valence-corrected chi connectivity index (χ2v) is 7.99. The summed E-state index contributed by atoms with van der Waals surface area (Å²) in [7, 11) is 0. The predicted octanol–water partition coefficient (Wildman–Crippen LogP) is 5.62. The Morgan fingerprint density at radius 2 is 1.68 bits per heavy atom. The Hall–Kier alpha value is -3.19. The minimum atomic E-state index is -0.525. The third-order valence-electron chi connectivity index (χ3n) is 4.55. The quantitative estimate of drug-likeness (QED) is 0.461. The molecule has 0 fully saturated rings. The number of carbonyl (C=O) groups is 2. The van der Waals surface area contributed by atoms with Gasteiger partial charge in [-0.3, -0.25) is 4.79 Å². The summed E-state index contributed by atoms with van der Waals surface area (Å²) in [5.41, 5.74) is 2.44. The van der Waals surface area contributed by atoms with E-state index in [2.05, 4.69) is 5.32 Å². The number of anilines is 1. The van der Waals surface area contributed by atoms with Gasteiger partial charge in [0.1, 0.15) is 22.1 Å². The second-order valence-electron chi connectivity index (χ2n) is 6.77. The number of amides is 1. The first-order valence-electron chi connectivity index (χ1n) is 10.0. The number of hydrogen-bond acceptors (Lipinski definition) is 5. The van der Waals surface area contributed by atoms with Crippen LogP contribution in [0.5, 0.6) is 5.75 Å². The average Bonchev–Trinajstić information content (AvgIpc) is 3.06. The Morgan fingerprint density at radius 1 is 1.00 bits per heavy atom.